The van der Waals surface area contributed by atoms with Crippen LogP contribution in [-0.2, 0) is 0 Å². The topological polar surface area (TPSA) is 61.0 Å². The molecule has 2 N–H and O–H groups in total. The van der Waals surface area contributed by atoms with Crippen LogP contribution in [0.2, 0.25) is 10.0 Å². The highest BCUT2D eigenvalue weighted by molar-refractivity contribution is 6.36. The lowest BCUT2D eigenvalue weighted by Gasteiger charge is -2.44. The van der Waals surface area contributed by atoms with Crippen molar-refractivity contribution in [3.8, 4) is 11.3 Å². The van der Waals surface area contributed by atoms with E-state index in [1.807, 2.05) is 0 Å². The van der Waals surface area contributed by atoms with E-state index in [2.05, 4.69) is 20.4 Å². The molecule has 0 bridgehead atoms. The van der Waals surface area contributed by atoms with Crippen molar-refractivity contribution >= 4 is 29.1 Å². The maximum Gasteiger partial charge on any atom is 0.255 e. The number of fused-ring (bicyclic) bond motifs is 1. The zero-order valence-electron chi connectivity index (χ0n) is 15.2. The Hall–Kier alpha value is -1.56. The molecule has 144 valence electrons. The molecule has 2 aliphatic heterocycles. The number of carbonyl (C=O) groups is 1. The molecule has 1 aromatic carbocycles. The van der Waals surface area contributed by atoms with E-state index in [4.69, 9.17) is 23.2 Å². The van der Waals surface area contributed by atoms with E-state index < -0.39 is 0 Å². The summed E-state index contributed by atoms with van der Waals surface area (Å²) in [5.74, 6) is 0.412. The van der Waals surface area contributed by atoms with Gasteiger partial charge in [0.25, 0.3) is 5.91 Å². The number of carbonyl (C=O) groups excluding carboxylic acids is 1. The number of hydrogen-bond acceptors (Lipinski definition) is 3. The molecule has 0 spiro atoms. The summed E-state index contributed by atoms with van der Waals surface area (Å²) in [4.78, 5) is 15.4. The highest BCUT2D eigenvalue weighted by atomic mass is 35.5. The average molecular weight is 407 g/mol. The number of aromatic nitrogens is 2. The molecule has 3 heterocycles. The first-order valence-electron chi connectivity index (χ1n) is 9.64. The molecule has 2 fully saturated rings. The van der Waals surface area contributed by atoms with Crippen molar-refractivity contribution in [1.29, 1.82) is 0 Å². The molecule has 7 heteroatoms. The van der Waals surface area contributed by atoms with Crippen LogP contribution in [-0.4, -0.2) is 46.7 Å². The van der Waals surface area contributed by atoms with Gasteiger partial charge in [0.1, 0.15) is 0 Å². The molecule has 0 saturated carbocycles. The number of rotatable bonds is 4. The van der Waals surface area contributed by atoms with Crippen LogP contribution in [0.4, 0.5) is 0 Å². The van der Waals surface area contributed by atoms with Gasteiger partial charge < -0.3 is 10.2 Å². The van der Waals surface area contributed by atoms with Crippen molar-refractivity contribution in [2.75, 3.05) is 19.6 Å². The van der Waals surface area contributed by atoms with Gasteiger partial charge in [0.15, 0.2) is 0 Å². The molecule has 27 heavy (non-hydrogen) atoms. The van der Waals surface area contributed by atoms with Crippen molar-refractivity contribution in [1.82, 2.24) is 20.4 Å². The van der Waals surface area contributed by atoms with Crippen LogP contribution in [0.5, 0.6) is 0 Å². The van der Waals surface area contributed by atoms with Gasteiger partial charge in [-0.2, -0.15) is 5.10 Å². The summed E-state index contributed by atoms with van der Waals surface area (Å²) in [6, 6.07) is 5.84. The Morgan fingerprint density at radius 3 is 2.93 bits per heavy atom. The molecule has 1 aromatic heterocycles. The molecule has 2 aromatic rings. The van der Waals surface area contributed by atoms with Crippen LogP contribution in [0.1, 0.15) is 42.5 Å². The Kier molecular flexibility index (Phi) is 5.71. The summed E-state index contributed by atoms with van der Waals surface area (Å²) in [6.07, 6.45) is 7.81. The normalized spacial score (nSPS) is 23.0. The first-order chi connectivity index (χ1) is 13.1. The van der Waals surface area contributed by atoms with Crippen LogP contribution in [0, 0.1) is 5.92 Å². The minimum atomic E-state index is -0.113. The second kappa shape index (κ2) is 8.21. The van der Waals surface area contributed by atoms with E-state index in [1.165, 1.54) is 45.2 Å². The van der Waals surface area contributed by atoms with Crippen molar-refractivity contribution in [2.24, 2.45) is 5.92 Å². The molecule has 2 saturated heterocycles. The molecule has 2 atom stereocenters. The van der Waals surface area contributed by atoms with E-state index in [0.717, 1.165) is 5.56 Å². The first kappa shape index (κ1) is 18.8. The maximum atomic E-state index is 12.8. The van der Waals surface area contributed by atoms with Gasteiger partial charge in [0, 0.05) is 23.2 Å². The van der Waals surface area contributed by atoms with Gasteiger partial charge in [0.05, 0.1) is 22.5 Å². The van der Waals surface area contributed by atoms with Crippen molar-refractivity contribution in [2.45, 2.75) is 38.1 Å². The summed E-state index contributed by atoms with van der Waals surface area (Å²) >= 11 is 12.3. The third-order valence-corrected chi connectivity index (χ3v) is 6.39. The van der Waals surface area contributed by atoms with Gasteiger partial charge >= 0.3 is 0 Å². The second-order valence-electron chi connectivity index (χ2n) is 7.49. The lowest BCUT2D eigenvalue weighted by atomic mass is 9.83. The molecule has 0 aliphatic carbocycles. The minimum absolute atomic E-state index is 0.113. The third kappa shape index (κ3) is 4.00. The lowest BCUT2D eigenvalue weighted by molar-refractivity contribution is 0.0576. The van der Waals surface area contributed by atoms with Crippen molar-refractivity contribution < 1.29 is 4.79 Å². The van der Waals surface area contributed by atoms with E-state index >= 15 is 0 Å². The molecule has 0 radical (unpaired) electrons. The van der Waals surface area contributed by atoms with Gasteiger partial charge in [-0.05, 0) is 62.9 Å². The molecular weight excluding hydrogens is 383 g/mol. The number of nitrogens with one attached hydrogen (secondary N) is 2. The van der Waals surface area contributed by atoms with Crippen LogP contribution in [0.25, 0.3) is 11.3 Å². The summed E-state index contributed by atoms with van der Waals surface area (Å²) in [5, 5.41) is 11.1. The van der Waals surface area contributed by atoms with Gasteiger partial charge in [-0.15, -0.1) is 0 Å². The fourth-order valence-electron chi connectivity index (χ4n) is 4.49. The summed E-state index contributed by atoms with van der Waals surface area (Å²) < 4.78 is 0. The SMILES string of the molecule is O=C(NC[C@H]1CCCN2CCCC[C@H]12)c1cn[nH]c1-c1ccc(Cl)cc1Cl. The quantitative estimate of drug-likeness (QED) is 0.791. The summed E-state index contributed by atoms with van der Waals surface area (Å²) in [5.41, 5.74) is 1.85. The maximum absolute atomic E-state index is 12.8. The first-order valence-corrected chi connectivity index (χ1v) is 10.4. The van der Waals surface area contributed by atoms with Crippen LogP contribution in [0.3, 0.4) is 0 Å². The standard InChI is InChI=1S/C20H24Cl2N4O/c21-14-6-7-15(17(22)10-14)19-16(12-24-25-19)20(27)23-11-13-4-3-9-26-8-2-1-5-18(13)26/h6-7,10,12-13,18H,1-5,8-9,11H2,(H,23,27)(H,24,25)/t13-,18-/m1/s1. The van der Waals surface area contributed by atoms with Crippen LogP contribution >= 0.6 is 23.2 Å². The zero-order valence-corrected chi connectivity index (χ0v) is 16.7. The number of halogens is 2. The van der Waals surface area contributed by atoms with Gasteiger partial charge in [-0.3, -0.25) is 9.89 Å². The Morgan fingerprint density at radius 2 is 2.07 bits per heavy atom. The van der Waals surface area contributed by atoms with Crippen LogP contribution in [0.15, 0.2) is 24.4 Å². The Bertz CT molecular complexity index is 820. The third-order valence-electron chi connectivity index (χ3n) is 5.84. The highest BCUT2D eigenvalue weighted by Gasteiger charge is 2.33. The number of piperidine rings is 2. The predicted octanol–water partition coefficient (Wildman–Crippen LogP) is 4.38. The number of hydrogen-bond donors (Lipinski definition) is 2. The van der Waals surface area contributed by atoms with Gasteiger partial charge in [-0.25, -0.2) is 0 Å². The number of amides is 1. The Labute approximate surface area is 169 Å². The number of aromatic amines is 1. The molecule has 1 amide bonds. The fourth-order valence-corrected chi connectivity index (χ4v) is 4.99. The number of benzene rings is 1. The molecule has 4 rings (SSSR count). The Balaban J connectivity index is 1.46. The van der Waals surface area contributed by atoms with Crippen LogP contribution < -0.4 is 5.32 Å². The molecule has 5 nitrogen and oxygen atoms in total. The summed E-state index contributed by atoms with van der Waals surface area (Å²) in [6.45, 7) is 3.12. The zero-order chi connectivity index (χ0) is 18.8. The molecule has 2 aliphatic rings. The van der Waals surface area contributed by atoms with E-state index in [1.54, 1.807) is 24.4 Å². The minimum Gasteiger partial charge on any atom is -0.352 e. The second-order valence-corrected chi connectivity index (χ2v) is 8.34. The van der Waals surface area contributed by atoms with Gasteiger partial charge in [0.2, 0.25) is 0 Å². The van der Waals surface area contributed by atoms with Crippen molar-refractivity contribution in [3.63, 3.8) is 0 Å². The Morgan fingerprint density at radius 1 is 1.22 bits per heavy atom. The lowest BCUT2D eigenvalue weighted by Crippen LogP contribution is -2.51. The van der Waals surface area contributed by atoms with Gasteiger partial charge in [-0.1, -0.05) is 29.6 Å². The average Bonchev–Trinajstić information content (AvgIpc) is 3.15. The summed E-state index contributed by atoms with van der Waals surface area (Å²) in [7, 11) is 0. The monoisotopic (exact) mass is 406 g/mol. The largest absolute Gasteiger partial charge is 0.352 e. The highest BCUT2D eigenvalue weighted by Crippen LogP contribution is 2.32. The smallest absolute Gasteiger partial charge is 0.255 e. The molecule has 0 unspecified atom stereocenters. The van der Waals surface area contributed by atoms with E-state index in [9.17, 15) is 4.79 Å². The fraction of sp³-hybridized carbons (Fsp3) is 0.500. The van der Waals surface area contributed by atoms with Crippen molar-refractivity contribution in [3.05, 3.63) is 40.0 Å². The number of H-pyrrole nitrogens is 1. The van der Waals surface area contributed by atoms with E-state index in [-0.39, 0.29) is 5.91 Å². The molecular formula is C20H24Cl2N4O. The number of nitrogens with zero attached hydrogens (tertiary/aromatic N) is 2. The predicted molar refractivity (Wildman–Crippen MR) is 108 cm³/mol. The van der Waals surface area contributed by atoms with E-state index in [0.29, 0.717) is 39.8 Å².